The molecule has 1 N–H and O–H groups in total. The number of ether oxygens (including phenoxy) is 2. The molecule has 0 spiro atoms. The third-order valence-electron chi connectivity index (χ3n) is 3.36. The van der Waals surface area contributed by atoms with Crippen molar-refractivity contribution >= 4 is 29.2 Å². The van der Waals surface area contributed by atoms with Gasteiger partial charge >= 0.3 is 5.97 Å². The summed E-state index contributed by atoms with van der Waals surface area (Å²) in [6.45, 7) is 2.58. The number of methoxy groups -OCH3 is 1. The molecule has 0 saturated carbocycles. The van der Waals surface area contributed by atoms with E-state index in [-0.39, 0.29) is 5.57 Å². The Morgan fingerprint density at radius 3 is 2.62 bits per heavy atom. The lowest BCUT2D eigenvalue weighted by atomic mass is 10.0. The summed E-state index contributed by atoms with van der Waals surface area (Å²) in [5.41, 5.74) is 1.19. The molecule has 4 nitrogen and oxygen atoms in total. The van der Waals surface area contributed by atoms with E-state index in [0.717, 1.165) is 6.42 Å². The SMILES string of the molecule is CCCOc1ccccc1/C=C(\C(=O)O)c1cc(Cl)ccc1OC. The van der Waals surface area contributed by atoms with E-state index in [1.807, 2.05) is 31.2 Å². The lowest BCUT2D eigenvalue weighted by Crippen LogP contribution is -2.03. The molecular formula is C19H19ClO4. The van der Waals surface area contributed by atoms with E-state index in [9.17, 15) is 9.90 Å². The normalized spacial score (nSPS) is 11.2. The van der Waals surface area contributed by atoms with Gasteiger partial charge in [0.25, 0.3) is 0 Å². The van der Waals surface area contributed by atoms with Crippen molar-refractivity contribution in [3.63, 3.8) is 0 Å². The molecule has 5 heteroatoms. The molecular weight excluding hydrogens is 328 g/mol. The molecule has 126 valence electrons. The van der Waals surface area contributed by atoms with Crippen LogP contribution in [0.1, 0.15) is 24.5 Å². The first-order chi connectivity index (χ1) is 11.6. The van der Waals surface area contributed by atoms with Crippen LogP contribution in [0.15, 0.2) is 42.5 Å². The van der Waals surface area contributed by atoms with Crippen molar-refractivity contribution in [2.45, 2.75) is 13.3 Å². The highest BCUT2D eigenvalue weighted by Gasteiger charge is 2.17. The Morgan fingerprint density at radius 1 is 1.21 bits per heavy atom. The van der Waals surface area contributed by atoms with Crippen molar-refractivity contribution in [1.29, 1.82) is 0 Å². The Labute approximate surface area is 146 Å². The van der Waals surface area contributed by atoms with E-state index in [1.165, 1.54) is 7.11 Å². The molecule has 0 amide bonds. The number of hydrogen-bond donors (Lipinski definition) is 1. The number of rotatable bonds is 7. The topological polar surface area (TPSA) is 55.8 Å². The summed E-state index contributed by atoms with van der Waals surface area (Å²) < 4.78 is 11.0. The molecule has 0 bridgehead atoms. The quantitative estimate of drug-likeness (QED) is 0.580. The van der Waals surface area contributed by atoms with E-state index < -0.39 is 5.97 Å². The van der Waals surface area contributed by atoms with Crippen molar-refractivity contribution in [2.24, 2.45) is 0 Å². The molecule has 0 atom stereocenters. The van der Waals surface area contributed by atoms with Crippen LogP contribution in [-0.2, 0) is 4.79 Å². The maximum absolute atomic E-state index is 11.8. The monoisotopic (exact) mass is 346 g/mol. The summed E-state index contributed by atoms with van der Waals surface area (Å²) in [5.74, 6) is 0.0139. The van der Waals surface area contributed by atoms with Gasteiger partial charge in [-0.15, -0.1) is 0 Å². The van der Waals surface area contributed by atoms with Gasteiger partial charge in [0.1, 0.15) is 11.5 Å². The van der Waals surface area contributed by atoms with E-state index in [4.69, 9.17) is 21.1 Å². The lowest BCUT2D eigenvalue weighted by molar-refractivity contribution is -0.130. The summed E-state index contributed by atoms with van der Waals surface area (Å²) in [6.07, 6.45) is 2.44. The number of carboxylic acid groups (broad SMARTS) is 1. The molecule has 0 fully saturated rings. The number of benzene rings is 2. The Bertz CT molecular complexity index is 753. The van der Waals surface area contributed by atoms with Crippen LogP contribution in [-0.4, -0.2) is 24.8 Å². The Balaban J connectivity index is 2.55. The van der Waals surface area contributed by atoms with E-state index in [0.29, 0.717) is 34.3 Å². The molecule has 2 aromatic rings. The summed E-state index contributed by atoms with van der Waals surface area (Å²) >= 11 is 6.02. The highest BCUT2D eigenvalue weighted by atomic mass is 35.5. The first-order valence-corrected chi connectivity index (χ1v) is 7.95. The average molecular weight is 347 g/mol. The largest absolute Gasteiger partial charge is 0.496 e. The highest BCUT2D eigenvalue weighted by Crippen LogP contribution is 2.32. The summed E-state index contributed by atoms with van der Waals surface area (Å²) in [6, 6.07) is 12.2. The fourth-order valence-electron chi connectivity index (χ4n) is 2.24. The van der Waals surface area contributed by atoms with Crippen LogP contribution in [0.2, 0.25) is 5.02 Å². The zero-order valence-corrected chi connectivity index (χ0v) is 14.3. The number of carboxylic acids is 1. The number of carbonyl (C=O) groups is 1. The maximum atomic E-state index is 11.8. The molecule has 0 aliphatic carbocycles. The van der Waals surface area contributed by atoms with Gasteiger partial charge in [0.15, 0.2) is 0 Å². The van der Waals surface area contributed by atoms with Crippen LogP contribution in [0.25, 0.3) is 11.6 Å². The van der Waals surface area contributed by atoms with Crippen LogP contribution >= 0.6 is 11.6 Å². The van der Waals surface area contributed by atoms with Gasteiger partial charge in [-0.2, -0.15) is 0 Å². The minimum absolute atomic E-state index is 0.0851. The second-order valence-corrected chi connectivity index (χ2v) is 5.53. The zero-order valence-electron chi connectivity index (χ0n) is 13.6. The molecule has 0 aliphatic heterocycles. The summed E-state index contributed by atoms with van der Waals surface area (Å²) in [7, 11) is 1.49. The molecule has 2 rings (SSSR count). The van der Waals surface area contributed by atoms with E-state index in [2.05, 4.69) is 0 Å². The number of halogens is 1. The standard InChI is InChI=1S/C19H19ClO4/c1-3-10-24-17-7-5-4-6-13(17)11-16(19(21)22)15-12-14(20)8-9-18(15)23-2/h4-9,11-12H,3,10H2,1-2H3,(H,21,22)/b16-11-. The first kappa shape index (κ1) is 17.9. The highest BCUT2D eigenvalue weighted by molar-refractivity contribution is 6.31. The average Bonchev–Trinajstić information content (AvgIpc) is 2.58. The second kappa shape index (κ2) is 8.41. The van der Waals surface area contributed by atoms with E-state index >= 15 is 0 Å². The number of hydrogen-bond acceptors (Lipinski definition) is 3. The fourth-order valence-corrected chi connectivity index (χ4v) is 2.42. The van der Waals surface area contributed by atoms with Crippen molar-refractivity contribution in [3.05, 3.63) is 58.6 Å². The second-order valence-electron chi connectivity index (χ2n) is 5.09. The lowest BCUT2D eigenvalue weighted by Gasteiger charge is -2.12. The fraction of sp³-hybridized carbons (Fsp3) is 0.211. The van der Waals surface area contributed by atoms with Gasteiger partial charge in [-0.25, -0.2) is 4.79 Å². The van der Waals surface area contributed by atoms with Gasteiger partial charge < -0.3 is 14.6 Å². The molecule has 0 radical (unpaired) electrons. The minimum atomic E-state index is -1.07. The molecule has 0 aromatic heterocycles. The Kier molecular flexibility index (Phi) is 6.27. The van der Waals surface area contributed by atoms with Crippen molar-refractivity contribution < 1.29 is 19.4 Å². The maximum Gasteiger partial charge on any atom is 0.336 e. The van der Waals surface area contributed by atoms with Gasteiger partial charge in [-0.1, -0.05) is 36.7 Å². The van der Waals surface area contributed by atoms with Gasteiger partial charge in [0.05, 0.1) is 19.3 Å². The van der Waals surface area contributed by atoms with Crippen LogP contribution in [0.4, 0.5) is 0 Å². The first-order valence-electron chi connectivity index (χ1n) is 7.57. The summed E-state index contributed by atoms with van der Waals surface area (Å²) in [5, 5.41) is 10.1. The van der Waals surface area contributed by atoms with Gasteiger partial charge in [-0.3, -0.25) is 0 Å². The third kappa shape index (κ3) is 4.30. The van der Waals surface area contributed by atoms with Crippen molar-refractivity contribution in [1.82, 2.24) is 0 Å². The molecule has 0 saturated heterocycles. The molecule has 2 aromatic carbocycles. The van der Waals surface area contributed by atoms with Crippen molar-refractivity contribution in [2.75, 3.05) is 13.7 Å². The number of aliphatic carboxylic acids is 1. The van der Waals surface area contributed by atoms with E-state index in [1.54, 1.807) is 24.3 Å². The molecule has 0 unspecified atom stereocenters. The van der Waals surface area contributed by atoms with Gasteiger partial charge in [0.2, 0.25) is 0 Å². The van der Waals surface area contributed by atoms with Crippen LogP contribution in [0, 0.1) is 0 Å². The smallest absolute Gasteiger partial charge is 0.336 e. The van der Waals surface area contributed by atoms with Gasteiger partial charge in [0, 0.05) is 16.1 Å². The third-order valence-corrected chi connectivity index (χ3v) is 3.60. The molecule has 0 aliphatic rings. The van der Waals surface area contributed by atoms with Crippen LogP contribution in [0.5, 0.6) is 11.5 Å². The zero-order chi connectivity index (χ0) is 17.5. The Hall–Kier alpha value is -2.46. The predicted octanol–water partition coefficient (Wildman–Crippen LogP) is 4.76. The van der Waals surface area contributed by atoms with Gasteiger partial charge in [-0.05, 0) is 36.8 Å². The number of para-hydroxylation sites is 1. The molecule has 0 heterocycles. The van der Waals surface area contributed by atoms with Crippen molar-refractivity contribution in [3.8, 4) is 11.5 Å². The van der Waals surface area contributed by atoms with Crippen LogP contribution in [0.3, 0.4) is 0 Å². The predicted molar refractivity (Wildman–Crippen MR) is 95.7 cm³/mol. The van der Waals surface area contributed by atoms with Crippen LogP contribution < -0.4 is 9.47 Å². The summed E-state index contributed by atoms with van der Waals surface area (Å²) in [4.78, 5) is 11.8. The minimum Gasteiger partial charge on any atom is -0.496 e. The Morgan fingerprint density at radius 2 is 1.96 bits per heavy atom. The molecule has 24 heavy (non-hydrogen) atoms.